The van der Waals surface area contributed by atoms with E-state index in [-0.39, 0.29) is 41.8 Å². The molecule has 0 spiro atoms. The highest BCUT2D eigenvalue weighted by Crippen LogP contribution is 2.40. The van der Waals surface area contributed by atoms with Crippen LogP contribution in [0.5, 0.6) is 0 Å². The second-order valence-electron chi connectivity index (χ2n) is 10.2. The van der Waals surface area contributed by atoms with Crippen LogP contribution in [0.15, 0.2) is 36.4 Å². The fraction of sp³-hybridized carbons (Fsp3) is 0.481. The Morgan fingerprint density at radius 3 is 1.92 bits per heavy atom. The number of aryl methyl sites for hydroxylation is 1. The second kappa shape index (κ2) is 11.3. The summed E-state index contributed by atoms with van der Waals surface area (Å²) >= 11 is 12.1. The van der Waals surface area contributed by atoms with E-state index in [1.165, 1.54) is 0 Å². The molecule has 5 rings (SSSR count). The van der Waals surface area contributed by atoms with Crippen LogP contribution in [0.3, 0.4) is 0 Å². The number of halogens is 8. The molecule has 0 aliphatic carbocycles. The monoisotopic (exact) mass is 594 g/mol. The van der Waals surface area contributed by atoms with Gasteiger partial charge < -0.3 is 10.2 Å². The summed E-state index contributed by atoms with van der Waals surface area (Å²) in [5.74, 6) is -0.774. The molecule has 2 aromatic rings. The summed E-state index contributed by atoms with van der Waals surface area (Å²) in [6.45, 7) is 2.32. The van der Waals surface area contributed by atoms with Crippen molar-refractivity contribution in [2.45, 2.75) is 56.9 Å². The lowest BCUT2D eigenvalue weighted by atomic mass is 9.71. The van der Waals surface area contributed by atoms with Crippen LogP contribution in [0, 0.1) is 5.41 Å². The number of carbonyl (C=O) groups is 2. The SMILES string of the molecule is O=C(CCc1cc(C(F)(F)F)cc(C(F)(F)F)c1)C(Cc1ccc(Cl)c(Cl)c1)NC(=O)C12CCN(CC1)CC2. The van der Waals surface area contributed by atoms with E-state index in [9.17, 15) is 35.9 Å². The van der Waals surface area contributed by atoms with Crippen LogP contribution < -0.4 is 5.32 Å². The van der Waals surface area contributed by atoms with E-state index >= 15 is 0 Å². The van der Waals surface area contributed by atoms with Gasteiger partial charge in [-0.25, -0.2) is 0 Å². The third-order valence-electron chi connectivity index (χ3n) is 7.63. The number of amides is 1. The number of ketones is 1. The molecular weight excluding hydrogens is 569 g/mol. The van der Waals surface area contributed by atoms with E-state index in [1.54, 1.807) is 18.2 Å². The van der Waals surface area contributed by atoms with Crippen molar-refractivity contribution in [2.75, 3.05) is 19.6 Å². The summed E-state index contributed by atoms with van der Waals surface area (Å²) in [5, 5.41) is 3.39. The molecule has 212 valence electrons. The van der Waals surface area contributed by atoms with E-state index in [1.807, 2.05) is 0 Å². The number of fused-ring (bicyclic) bond motifs is 3. The first-order valence-electron chi connectivity index (χ1n) is 12.4. The van der Waals surface area contributed by atoms with Gasteiger partial charge in [0.05, 0.1) is 32.6 Å². The summed E-state index contributed by atoms with van der Waals surface area (Å²) < 4.78 is 79.5. The molecule has 3 saturated heterocycles. The average molecular weight is 595 g/mol. The number of benzene rings is 2. The van der Waals surface area contributed by atoms with Crippen molar-refractivity contribution in [3.8, 4) is 0 Å². The van der Waals surface area contributed by atoms with Gasteiger partial charge in [-0.1, -0.05) is 29.3 Å². The van der Waals surface area contributed by atoms with Crippen molar-refractivity contribution in [1.29, 1.82) is 0 Å². The molecule has 0 saturated carbocycles. The van der Waals surface area contributed by atoms with Crippen molar-refractivity contribution in [1.82, 2.24) is 10.2 Å². The minimum absolute atomic E-state index is 0.0417. The second-order valence-corrected chi connectivity index (χ2v) is 11.0. The zero-order valence-corrected chi connectivity index (χ0v) is 22.2. The number of alkyl halides is 6. The van der Waals surface area contributed by atoms with Crippen LogP contribution in [0.1, 0.15) is 47.9 Å². The highest BCUT2D eigenvalue weighted by atomic mass is 35.5. The van der Waals surface area contributed by atoms with Gasteiger partial charge >= 0.3 is 12.4 Å². The van der Waals surface area contributed by atoms with Crippen molar-refractivity contribution in [3.63, 3.8) is 0 Å². The summed E-state index contributed by atoms with van der Waals surface area (Å²) in [6.07, 6.45) is -8.71. The minimum atomic E-state index is -4.99. The third-order valence-corrected chi connectivity index (χ3v) is 8.37. The van der Waals surface area contributed by atoms with E-state index in [0.717, 1.165) is 19.6 Å². The summed E-state index contributed by atoms with van der Waals surface area (Å²) in [6, 6.07) is 4.97. The fourth-order valence-electron chi connectivity index (χ4n) is 5.23. The van der Waals surface area contributed by atoms with Gasteiger partial charge in [0.2, 0.25) is 5.91 Å². The van der Waals surface area contributed by atoms with Crippen molar-refractivity contribution in [3.05, 3.63) is 68.7 Å². The van der Waals surface area contributed by atoms with Gasteiger partial charge in [0.25, 0.3) is 0 Å². The molecule has 2 bridgehead atoms. The number of hydrogen-bond acceptors (Lipinski definition) is 3. The van der Waals surface area contributed by atoms with Gasteiger partial charge in [0.15, 0.2) is 5.78 Å². The lowest BCUT2D eigenvalue weighted by molar-refractivity contribution is -0.143. The number of rotatable bonds is 8. The highest BCUT2D eigenvalue weighted by Gasteiger charge is 2.46. The Morgan fingerprint density at radius 1 is 0.846 bits per heavy atom. The third kappa shape index (κ3) is 7.08. The number of piperidine rings is 3. The minimum Gasteiger partial charge on any atom is -0.345 e. The molecule has 0 aromatic heterocycles. The Morgan fingerprint density at radius 2 is 1.41 bits per heavy atom. The highest BCUT2D eigenvalue weighted by molar-refractivity contribution is 6.42. The lowest BCUT2D eigenvalue weighted by Crippen LogP contribution is -2.57. The van der Waals surface area contributed by atoms with E-state index in [4.69, 9.17) is 23.2 Å². The van der Waals surface area contributed by atoms with Gasteiger partial charge in [0, 0.05) is 6.42 Å². The van der Waals surface area contributed by atoms with Gasteiger partial charge in [-0.05, 0) is 93.2 Å². The molecule has 3 aliphatic rings. The van der Waals surface area contributed by atoms with Crippen molar-refractivity contribution in [2.24, 2.45) is 5.41 Å². The number of Topliss-reactive ketones (excluding diaryl/α,β-unsaturated/α-hetero) is 1. The zero-order chi connectivity index (χ0) is 28.6. The first-order valence-corrected chi connectivity index (χ1v) is 13.2. The zero-order valence-electron chi connectivity index (χ0n) is 20.7. The molecule has 1 amide bonds. The molecule has 3 aliphatic heterocycles. The van der Waals surface area contributed by atoms with Crippen LogP contribution in [-0.2, 0) is 34.8 Å². The van der Waals surface area contributed by atoms with Crippen LogP contribution >= 0.6 is 23.2 Å². The summed E-state index contributed by atoms with van der Waals surface area (Å²) in [7, 11) is 0. The molecule has 0 radical (unpaired) electrons. The standard InChI is InChI=1S/C27H26Cl2F6N2O2/c28-20-3-1-17(13-21(20)29)14-22(36-24(39)25-5-8-37(9-6-25)10-7-25)23(38)4-2-16-11-18(26(30,31)32)15-19(12-16)27(33,34)35/h1,3,11-13,15,22H,2,4-10,14H2,(H,36,39). The van der Waals surface area contributed by atoms with Gasteiger partial charge in [-0.15, -0.1) is 0 Å². The normalized spacial score (nSPS) is 22.0. The number of nitrogens with one attached hydrogen (secondary N) is 1. The predicted molar refractivity (Wildman–Crippen MR) is 135 cm³/mol. The van der Waals surface area contributed by atoms with Crippen molar-refractivity contribution >= 4 is 34.9 Å². The fourth-order valence-corrected chi connectivity index (χ4v) is 5.55. The maximum atomic E-state index is 13.4. The molecule has 3 fully saturated rings. The van der Waals surface area contributed by atoms with E-state index < -0.39 is 40.7 Å². The lowest BCUT2D eigenvalue weighted by Gasteiger charge is -2.47. The van der Waals surface area contributed by atoms with Crippen LogP contribution in [0.4, 0.5) is 26.3 Å². The number of nitrogens with zero attached hydrogens (tertiary/aromatic N) is 1. The van der Waals surface area contributed by atoms with E-state index in [2.05, 4.69) is 10.2 Å². The molecule has 4 nitrogen and oxygen atoms in total. The summed E-state index contributed by atoms with van der Waals surface area (Å²) in [5.41, 5.74) is -3.17. The molecule has 1 unspecified atom stereocenters. The molecule has 1 N–H and O–H groups in total. The first kappa shape index (κ1) is 29.7. The smallest absolute Gasteiger partial charge is 0.345 e. The maximum absolute atomic E-state index is 13.4. The Labute approximate surface area is 231 Å². The largest absolute Gasteiger partial charge is 0.416 e. The quantitative estimate of drug-likeness (QED) is 0.344. The average Bonchev–Trinajstić information content (AvgIpc) is 2.89. The Balaban J connectivity index is 1.55. The molecule has 12 heteroatoms. The number of carbonyl (C=O) groups excluding carboxylic acids is 2. The number of hydrogen-bond donors (Lipinski definition) is 1. The maximum Gasteiger partial charge on any atom is 0.416 e. The first-order chi connectivity index (χ1) is 18.2. The molecule has 3 heterocycles. The summed E-state index contributed by atoms with van der Waals surface area (Å²) in [4.78, 5) is 29.0. The van der Waals surface area contributed by atoms with Gasteiger partial charge in [-0.2, -0.15) is 26.3 Å². The molecule has 2 aromatic carbocycles. The van der Waals surface area contributed by atoms with Crippen LogP contribution in [-0.4, -0.2) is 42.3 Å². The molecule has 1 atom stereocenters. The Hall–Kier alpha value is -2.30. The van der Waals surface area contributed by atoms with Gasteiger partial charge in [0.1, 0.15) is 0 Å². The topological polar surface area (TPSA) is 49.4 Å². The Bertz CT molecular complexity index is 1190. The van der Waals surface area contributed by atoms with Gasteiger partial charge in [-0.3, -0.25) is 9.59 Å². The predicted octanol–water partition coefficient (Wildman–Crippen LogP) is 6.75. The molecule has 39 heavy (non-hydrogen) atoms. The van der Waals surface area contributed by atoms with E-state index in [0.29, 0.717) is 42.0 Å². The van der Waals surface area contributed by atoms with Crippen LogP contribution in [0.25, 0.3) is 0 Å². The van der Waals surface area contributed by atoms with Crippen LogP contribution in [0.2, 0.25) is 10.0 Å². The molecular formula is C27H26Cl2F6N2O2. The van der Waals surface area contributed by atoms with Crippen molar-refractivity contribution < 1.29 is 35.9 Å². The Kier molecular flexibility index (Phi) is 8.59.